The van der Waals surface area contributed by atoms with Crippen LogP contribution in [0, 0.1) is 0 Å². The predicted octanol–water partition coefficient (Wildman–Crippen LogP) is 0.995. The molecule has 0 atom stereocenters. The van der Waals surface area contributed by atoms with Crippen LogP contribution in [0.25, 0.3) is 0 Å². The number of nitrogens with one attached hydrogen (secondary N) is 2. The highest BCUT2D eigenvalue weighted by Crippen LogP contribution is 2.29. The number of anilines is 1. The molecule has 2 amide bonds. The first-order valence-electron chi connectivity index (χ1n) is 5.70. The van der Waals surface area contributed by atoms with Crippen molar-refractivity contribution in [2.45, 2.75) is 31.2 Å². The van der Waals surface area contributed by atoms with E-state index < -0.39 is 17.5 Å². The zero-order valence-electron chi connectivity index (χ0n) is 9.72. The maximum Gasteiger partial charge on any atom is 0.329 e. The van der Waals surface area contributed by atoms with Crippen molar-refractivity contribution in [3.63, 3.8) is 0 Å². The van der Waals surface area contributed by atoms with Crippen LogP contribution in [0.5, 0.6) is 0 Å². The van der Waals surface area contributed by atoms with Gasteiger partial charge in [-0.25, -0.2) is 19.6 Å². The lowest BCUT2D eigenvalue weighted by molar-refractivity contribution is -0.144. The van der Waals surface area contributed by atoms with E-state index in [2.05, 4.69) is 20.6 Å². The SMILES string of the molecule is O=C(Nc1cncnc1)NC1(C(=O)O)CCCC1. The van der Waals surface area contributed by atoms with Crippen molar-refractivity contribution in [2.24, 2.45) is 0 Å². The molecular formula is C11H14N4O3. The maximum absolute atomic E-state index is 11.7. The summed E-state index contributed by atoms with van der Waals surface area (Å²) < 4.78 is 0. The van der Waals surface area contributed by atoms with E-state index in [-0.39, 0.29) is 0 Å². The summed E-state index contributed by atoms with van der Waals surface area (Å²) in [6.45, 7) is 0. The Labute approximate surface area is 104 Å². The number of urea groups is 1. The van der Waals surface area contributed by atoms with Crippen LogP contribution in [0.15, 0.2) is 18.7 Å². The minimum atomic E-state index is -1.14. The van der Waals surface area contributed by atoms with Gasteiger partial charge in [0, 0.05) is 0 Å². The molecule has 1 aromatic heterocycles. The van der Waals surface area contributed by atoms with Gasteiger partial charge in [0.2, 0.25) is 0 Å². The normalized spacial score (nSPS) is 17.1. The van der Waals surface area contributed by atoms with Crippen LogP contribution in [0.1, 0.15) is 25.7 Å². The van der Waals surface area contributed by atoms with E-state index in [9.17, 15) is 14.7 Å². The van der Waals surface area contributed by atoms with Gasteiger partial charge in [-0.1, -0.05) is 12.8 Å². The first-order chi connectivity index (χ1) is 8.62. The first-order valence-corrected chi connectivity index (χ1v) is 5.70. The molecule has 7 heteroatoms. The van der Waals surface area contributed by atoms with E-state index in [1.165, 1.54) is 18.7 Å². The average Bonchev–Trinajstić information content (AvgIpc) is 2.80. The van der Waals surface area contributed by atoms with Crippen molar-refractivity contribution in [2.75, 3.05) is 5.32 Å². The molecule has 1 aliphatic rings. The third-order valence-corrected chi connectivity index (χ3v) is 3.04. The molecule has 0 unspecified atom stereocenters. The molecular weight excluding hydrogens is 236 g/mol. The number of nitrogens with zero attached hydrogens (tertiary/aromatic N) is 2. The van der Waals surface area contributed by atoms with Gasteiger partial charge in [-0.3, -0.25) is 0 Å². The van der Waals surface area contributed by atoms with Gasteiger partial charge < -0.3 is 15.7 Å². The van der Waals surface area contributed by atoms with Crippen LogP contribution in [0.4, 0.5) is 10.5 Å². The van der Waals surface area contributed by atoms with E-state index in [4.69, 9.17) is 0 Å². The number of hydrogen-bond donors (Lipinski definition) is 3. The van der Waals surface area contributed by atoms with E-state index in [0.29, 0.717) is 18.5 Å². The molecule has 1 heterocycles. The zero-order chi connectivity index (χ0) is 13.0. The summed E-state index contributed by atoms with van der Waals surface area (Å²) >= 11 is 0. The number of aromatic nitrogens is 2. The van der Waals surface area contributed by atoms with Gasteiger partial charge >= 0.3 is 12.0 Å². The van der Waals surface area contributed by atoms with Crippen LogP contribution >= 0.6 is 0 Å². The zero-order valence-corrected chi connectivity index (χ0v) is 9.72. The highest BCUT2D eigenvalue weighted by Gasteiger charge is 2.42. The molecule has 0 saturated heterocycles. The first kappa shape index (κ1) is 12.3. The molecule has 3 N–H and O–H groups in total. The molecule has 0 spiro atoms. The Morgan fingerprint density at radius 3 is 2.39 bits per heavy atom. The third-order valence-electron chi connectivity index (χ3n) is 3.04. The Balaban J connectivity index is 2.00. The summed E-state index contributed by atoms with van der Waals surface area (Å²) in [5.41, 5.74) is -0.715. The van der Waals surface area contributed by atoms with Crippen LogP contribution in [0.2, 0.25) is 0 Å². The molecule has 0 aromatic carbocycles. The molecule has 1 aromatic rings. The van der Waals surface area contributed by atoms with Gasteiger partial charge in [-0.05, 0) is 12.8 Å². The smallest absolute Gasteiger partial charge is 0.329 e. The van der Waals surface area contributed by atoms with E-state index in [1.54, 1.807) is 0 Å². The van der Waals surface area contributed by atoms with Crippen molar-refractivity contribution in [3.8, 4) is 0 Å². The Hall–Kier alpha value is -2.18. The summed E-state index contributed by atoms with van der Waals surface area (Å²) in [5, 5.41) is 14.3. The molecule has 96 valence electrons. The van der Waals surface area contributed by atoms with Gasteiger partial charge in [-0.15, -0.1) is 0 Å². The van der Waals surface area contributed by atoms with Gasteiger partial charge in [0.05, 0.1) is 18.1 Å². The topological polar surface area (TPSA) is 104 Å². The quantitative estimate of drug-likeness (QED) is 0.742. The highest BCUT2D eigenvalue weighted by molar-refractivity contribution is 5.93. The number of hydrogen-bond acceptors (Lipinski definition) is 4. The van der Waals surface area contributed by atoms with Crippen molar-refractivity contribution >= 4 is 17.7 Å². The van der Waals surface area contributed by atoms with Gasteiger partial charge in [0.15, 0.2) is 0 Å². The van der Waals surface area contributed by atoms with E-state index in [0.717, 1.165) is 12.8 Å². The summed E-state index contributed by atoms with van der Waals surface area (Å²) in [4.78, 5) is 30.5. The molecule has 7 nitrogen and oxygen atoms in total. The lowest BCUT2D eigenvalue weighted by Gasteiger charge is -2.25. The second-order valence-corrected chi connectivity index (χ2v) is 4.30. The lowest BCUT2D eigenvalue weighted by atomic mass is 9.98. The monoisotopic (exact) mass is 250 g/mol. The fourth-order valence-electron chi connectivity index (χ4n) is 2.11. The number of carbonyl (C=O) groups is 2. The summed E-state index contributed by atoms with van der Waals surface area (Å²) in [5.74, 6) is -0.987. The fourth-order valence-corrected chi connectivity index (χ4v) is 2.11. The van der Waals surface area contributed by atoms with Crippen LogP contribution in [-0.4, -0.2) is 32.6 Å². The molecule has 1 aliphatic carbocycles. The number of carboxylic acids is 1. The minimum absolute atomic E-state index is 0.425. The van der Waals surface area contributed by atoms with Crippen LogP contribution in [0.3, 0.4) is 0 Å². The fraction of sp³-hybridized carbons (Fsp3) is 0.455. The van der Waals surface area contributed by atoms with Crippen LogP contribution < -0.4 is 10.6 Å². The number of carbonyl (C=O) groups excluding carboxylic acids is 1. The minimum Gasteiger partial charge on any atom is -0.480 e. The number of carboxylic acid groups (broad SMARTS) is 1. The van der Waals surface area contributed by atoms with Crippen molar-refractivity contribution in [1.29, 1.82) is 0 Å². The molecule has 1 fully saturated rings. The van der Waals surface area contributed by atoms with Crippen molar-refractivity contribution < 1.29 is 14.7 Å². The molecule has 18 heavy (non-hydrogen) atoms. The number of aliphatic carboxylic acids is 1. The van der Waals surface area contributed by atoms with Gasteiger partial charge in [0.1, 0.15) is 11.9 Å². The molecule has 0 radical (unpaired) electrons. The molecule has 0 aliphatic heterocycles. The maximum atomic E-state index is 11.7. The second kappa shape index (κ2) is 4.99. The average molecular weight is 250 g/mol. The molecule has 0 bridgehead atoms. The van der Waals surface area contributed by atoms with Crippen molar-refractivity contribution in [1.82, 2.24) is 15.3 Å². The number of rotatable bonds is 3. The third kappa shape index (κ3) is 2.55. The molecule has 2 rings (SSSR count). The molecule has 1 saturated carbocycles. The largest absolute Gasteiger partial charge is 0.480 e. The number of amides is 2. The lowest BCUT2D eigenvalue weighted by Crippen LogP contribution is -2.53. The van der Waals surface area contributed by atoms with Crippen LogP contribution in [-0.2, 0) is 4.79 Å². The Kier molecular flexibility index (Phi) is 3.40. The van der Waals surface area contributed by atoms with Crippen molar-refractivity contribution in [3.05, 3.63) is 18.7 Å². The highest BCUT2D eigenvalue weighted by atomic mass is 16.4. The predicted molar refractivity (Wildman–Crippen MR) is 63.0 cm³/mol. The summed E-state index contributed by atoms with van der Waals surface area (Å²) in [7, 11) is 0. The summed E-state index contributed by atoms with van der Waals surface area (Å²) in [6.07, 6.45) is 6.76. The standard InChI is InChI=1S/C11H14N4O3/c16-9(17)11(3-1-2-4-11)15-10(18)14-8-5-12-7-13-6-8/h5-7H,1-4H2,(H,16,17)(H2,14,15,18). The Bertz CT molecular complexity index is 443. The van der Waals surface area contributed by atoms with E-state index >= 15 is 0 Å². The van der Waals surface area contributed by atoms with E-state index in [1.807, 2.05) is 0 Å². The Morgan fingerprint density at radius 2 is 1.83 bits per heavy atom. The summed E-state index contributed by atoms with van der Waals surface area (Å²) in [6, 6.07) is -0.547. The second-order valence-electron chi connectivity index (χ2n) is 4.30. The Morgan fingerprint density at radius 1 is 1.22 bits per heavy atom. The van der Waals surface area contributed by atoms with Gasteiger partial charge in [0.25, 0.3) is 0 Å². The van der Waals surface area contributed by atoms with Gasteiger partial charge in [-0.2, -0.15) is 0 Å².